The van der Waals surface area contributed by atoms with E-state index in [1.807, 2.05) is 0 Å². The Bertz CT molecular complexity index is 866. The molecule has 0 bridgehead atoms. The fourth-order valence-electron chi connectivity index (χ4n) is 2.56. The van der Waals surface area contributed by atoms with Crippen LogP contribution in [0.3, 0.4) is 0 Å². The molecular formula is C20H30N8O6. The van der Waals surface area contributed by atoms with Gasteiger partial charge in [-0.1, -0.05) is 12.1 Å². The summed E-state index contributed by atoms with van der Waals surface area (Å²) in [5, 5.41) is 0. The number of carbonyl (C=O) groups excluding carboxylic acids is 4. The maximum absolute atomic E-state index is 12.4. The molecule has 0 aliphatic heterocycles. The zero-order valence-electron chi connectivity index (χ0n) is 18.5. The Morgan fingerprint density at radius 3 is 1.38 bits per heavy atom. The summed E-state index contributed by atoms with van der Waals surface area (Å²) in [7, 11) is 0. The van der Waals surface area contributed by atoms with Crippen molar-refractivity contribution in [3.05, 3.63) is 35.4 Å². The lowest BCUT2D eigenvalue weighted by molar-refractivity contribution is -0.140. The Kier molecular flexibility index (Phi) is 11.7. The van der Waals surface area contributed by atoms with E-state index in [0.29, 0.717) is 12.8 Å². The average Bonchev–Trinajstić information content (AvgIpc) is 2.78. The molecule has 1 aromatic carbocycles. The first-order chi connectivity index (χ1) is 16.0. The topological polar surface area (TPSA) is 268 Å². The second kappa shape index (κ2) is 14.2. The molecule has 186 valence electrons. The van der Waals surface area contributed by atoms with Crippen LogP contribution in [0.25, 0.3) is 0 Å². The smallest absolute Gasteiger partial charge is 0.346 e. The summed E-state index contributed by atoms with van der Waals surface area (Å²) in [6.45, 7) is 0.493. The molecule has 0 amide bonds. The molecule has 12 N–H and O–H groups in total. The Morgan fingerprint density at radius 1 is 0.706 bits per heavy atom. The monoisotopic (exact) mass is 478 g/mol. The highest BCUT2D eigenvalue weighted by Crippen LogP contribution is 2.14. The number of rotatable bonds is 12. The molecule has 0 radical (unpaired) electrons. The van der Waals surface area contributed by atoms with Gasteiger partial charge in [0, 0.05) is 13.1 Å². The third-order valence-corrected chi connectivity index (χ3v) is 4.29. The van der Waals surface area contributed by atoms with Crippen molar-refractivity contribution in [1.82, 2.24) is 0 Å². The molecule has 0 saturated heterocycles. The Labute approximate surface area is 195 Å². The molecule has 0 unspecified atom stereocenters. The van der Waals surface area contributed by atoms with E-state index in [0.717, 1.165) is 0 Å². The minimum absolute atomic E-state index is 0.0970. The number of hydrogen-bond acceptors (Lipinski definition) is 10. The van der Waals surface area contributed by atoms with Crippen LogP contribution in [-0.2, 0) is 19.1 Å². The van der Waals surface area contributed by atoms with Crippen molar-refractivity contribution in [2.45, 2.75) is 37.8 Å². The summed E-state index contributed by atoms with van der Waals surface area (Å²) >= 11 is 0. The van der Waals surface area contributed by atoms with Crippen LogP contribution in [0, 0.1) is 0 Å². The SMILES string of the molecule is NC(N)=NCCC[C@H](N)C(=O)OC(=O)c1ccccc1C(=O)OC(=O)[C@@H](N)CCCN=C(N)N. The van der Waals surface area contributed by atoms with Crippen LogP contribution in [-0.4, -0.2) is 61.0 Å². The van der Waals surface area contributed by atoms with Crippen molar-refractivity contribution in [3.63, 3.8) is 0 Å². The minimum atomic E-state index is -1.13. The maximum atomic E-state index is 12.4. The van der Waals surface area contributed by atoms with Crippen LogP contribution in [0.1, 0.15) is 46.4 Å². The van der Waals surface area contributed by atoms with E-state index in [1.54, 1.807) is 0 Å². The van der Waals surface area contributed by atoms with Crippen molar-refractivity contribution in [3.8, 4) is 0 Å². The van der Waals surface area contributed by atoms with Gasteiger partial charge in [0.2, 0.25) is 0 Å². The van der Waals surface area contributed by atoms with E-state index in [-0.39, 0.29) is 49.0 Å². The largest absolute Gasteiger partial charge is 0.388 e. The molecule has 0 saturated carbocycles. The van der Waals surface area contributed by atoms with Gasteiger partial charge >= 0.3 is 23.9 Å². The molecule has 14 nitrogen and oxygen atoms in total. The number of ether oxygens (including phenoxy) is 2. The lowest BCUT2D eigenvalue weighted by Gasteiger charge is -2.12. The average molecular weight is 479 g/mol. The standard InChI is InChI=1S/C20H30N8O6/c21-13(7-3-9-27-19(23)24)17(31)33-15(29)11-5-1-2-6-12(11)16(30)34-18(32)14(22)8-4-10-28-20(25)26/h1-2,5-6,13-14H,3-4,7-10,21-22H2,(H4,23,24,27)(H4,25,26,28)/t13-,14-/m0/s1. The lowest BCUT2D eigenvalue weighted by atomic mass is 10.1. The number of guanidine groups is 2. The van der Waals surface area contributed by atoms with Gasteiger partial charge in [-0.25, -0.2) is 19.2 Å². The molecule has 0 aromatic heterocycles. The predicted molar refractivity (Wildman–Crippen MR) is 123 cm³/mol. The number of aliphatic imine (C=N–C) groups is 2. The summed E-state index contributed by atoms with van der Waals surface area (Å²) in [5.74, 6) is -4.47. The molecule has 0 spiro atoms. The van der Waals surface area contributed by atoms with Crippen LogP contribution in [0.2, 0.25) is 0 Å². The number of esters is 4. The van der Waals surface area contributed by atoms with E-state index < -0.39 is 36.0 Å². The first-order valence-corrected chi connectivity index (χ1v) is 10.3. The van der Waals surface area contributed by atoms with Gasteiger partial charge in [0.15, 0.2) is 11.9 Å². The van der Waals surface area contributed by atoms with Crippen LogP contribution < -0.4 is 34.4 Å². The first kappa shape index (κ1) is 28.0. The van der Waals surface area contributed by atoms with Crippen LogP contribution in [0.4, 0.5) is 0 Å². The van der Waals surface area contributed by atoms with Crippen molar-refractivity contribution >= 4 is 35.8 Å². The zero-order chi connectivity index (χ0) is 25.7. The Morgan fingerprint density at radius 2 is 1.06 bits per heavy atom. The third kappa shape index (κ3) is 10.1. The molecule has 34 heavy (non-hydrogen) atoms. The van der Waals surface area contributed by atoms with Crippen LogP contribution >= 0.6 is 0 Å². The maximum Gasteiger partial charge on any atom is 0.346 e. The number of hydrogen-bond donors (Lipinski definition) is 6. The summed E-state index contributed by atoms with van der Waals surface area (Å²) in [4.78, 5) is 56.6. The minimum Gasteiger partial charge on any atom is -0.388 e. The molecule has 1 rings (SSSR count). The molecule has 2 atom stereocenters. The molecule has 0 aliphatic carbocycles. The van der Waals surface area contributed by atoms with E-state index >= 15 is 0 Å². The van der Waals surface area contributed by atoms with Gasteiger partial charge in [-0.05, 0) is 37.8 Å². The highest BCUT2D eigenvalue weighted by molar-refractivity contribution is 6.08. The molecule has 0 fully saturated rings. The Hall–Kier alpha value is -4.04. The van der Waals surface area contributed by atoms with Gasteiger partial charge in [-0.2, -0.15) is 0 Å². The summed E-state index contributed by atoms with van der Waals surface area (Å²) < 4.78 is 9.53. The summed E-state index contributed by atoms with van der Waals surface area (Å²) in [5.41, 5.74) is 31.7. The van der Waals surface area contributed by atoms with Crippen LogP contribution in [0.5, 0.6) is 0 Å². The van der Waals surface area contributed by atoms with Gasteiger partial charge in [0.25, 0.3) is 0 Å². The second-order valence-electron chi connectivity index (χ2n) is 7.07. The van der Waals surface area contributed by atoms with Crippen molar-refractivity contribution in [1.29, 1.82) is 0 Å². The Balaban J connectivity index is 2.71. The van der Waals surface area contributed by atoms with Crippen molar-refractivity contribution < 1.29 is 28.7 Å². The third-order valence-electron chi connectivity index (χ3n) is 4.29. The number of carbonyl (C=O) groups is 4. The molecule has 0 aliphatic rings. The van der Waals surface area contributed by atoms with Crippen LogP contribution in [0.15, 0.2) is 34.3 Å². The summed E-state index contributed by atoms with van der Waals surface area (Å²) in [6.07, 6.45) is 1.06. The number of nitrogens with two attached hydrogens (primary N) is 6. The summed E-state index contributed by atoms with van der Waals surface area (Å²) in [6, 6.07) is 3.10. The molecule has 14 heteroatoms. The highest BCUT2D eigenvalue weighted by atomic mass is 16.6. The van der Waals surface area contributed by atoms with Gasteiger partial charge in [-0.3, -0.25) is 9.98 Å². The number of benzene rings is 1. The highest BCUT2D eigenvalue weighted by Gasteiger charge is 2.26. The first-order valence-electron chi connectivity index (χ1n) is 10.3. The van der Waals surface area contributed by atoms with Crippen molar-refractivity contribution in [2.75, 3.05) is 13.1 Å². The lowest BCUT2D eigenvalue weighted by Crippen LogP contribution is -2.35. The van der Waals surface area contributed by atoms with Crippen molar-refractivity contribution in [2.24, 2.45) is 44.4 Å². The predicted octanol–water partition coefficient (Wildman–Crippen LogP) is -2.18. The van der Waals surface area contributed by atoms with Gasteiger partial charge < -0.3 is 43.9 Å². The van der Waals surface area contributed by atoms with Gasteiger partial charge in [-0.15, -0.1) is 0 Å². The normalized spacial score (nSPS) is 12.1. The number of nitrogens with zero attached hydrogens (tertiary/aromatic N) is 2. The fourth-order valence-corrected chi connectivity index (χ4v) is 2.56. The quantitative estimate of drug-likeness (QED) is 0.0615. The molecule has 1 aromatic rings. The van der Waals surface area contributed by atoms with Gasteiger partial charge in [0.05, 0.1) is 11.1 Å². The molecule has 0 heterocycles. The second-order valence-corrected chi connectivity index (χ2v) is 7.07. The molecular weight excluding hydrogens is 448 g/mol. The van der Waals surface area contributed by atoms with E-state index in [2.05, 4.69) is 9.98 Å². The fraction of sp³-hybridized carbons (Fsp3) is 0.400. The van der Waals surface area contributed by atoms with E-state index in [9.17, 15) is 19.2 Å². The van der Waals surface area contributed by atoms with E-state index in [1.165, 1.54) is 24.3 Å². The van der Waals surface area contributed by atoms with E-state index in [4.69, 9.17) is 43.9 Å². The zero-order valence-corrected chi connectivity index (χ0v) is 18.5. The van der Waals surface area contributed by atoms with Gasteiger partial charge in [0.1, 0.15) is 12.1 Å².